The summed E-state index contributed by atoms with van der Waals surface area (Å²) in [7, 11) is 0. The molecule has 2 N–H and O–H groups in total. The van der Waals surface area contributed by atoms with Crippen molar-refractivity contribution >= 4 is 6.03 Å². The molecule has 1 saturated heterocycles. The third-order valence-electron chi connectivity index (χ3n) is 3.11. The van der Waals surface area contributed by atoms with Gasteiger partial charge in [-0.05, 0) is 18.4 Å². The van der Waals surface area contributed by atoms with Crippen molar-refractivity contribution in [2.45, 2.75) is 20.8 Å². The van der Waals surface area contributed by atoms with Gasteiger partial charge >= 0.3 is 6.03 Å². The zero-order valence-electron chi connectivity index (χ0n) is 10.0. The molecule has 1 aliphatic heterocycles. The van der Waals surface area contributed by atoms with Gasteiger partial charge in [-0.3, -0.25) is 0 Å². The van der Waals surface area contributed by atoms with Crippen LogP contribution in [0.25, 0.3) is 0 Å². The average molecular weight is 213 g/mol. The van der Waals surface area contributed by atoms with E-state index in [0.29, 0.717) is 11.8 Å². The van der Waals surface area contributed by atoms with Gasteiger partial charge in [0.15, 0.2) is 0 Å². The minimum Gasteiger partial charge on any atom is -0.336 e. The average Bonchev–Trinajstić information content (AvgIpc) is 2.58. The summed E-state index contributed by atoms with van der Waals surface area (Å²) in [4.78, 5) is 13.1. The number of nitrogens with zero attached hydrogens (tertiary/aromatic N) is 1. The van der Waals surface area contributed by atoms with Crippen LogP contribution >= 0.6 is 0 Å². The van der Waals surface area contributed by atoms with Crippen molar-refractivity contribution < 1.29 is 4.79 Å². The van der Waals surface area contributed by atoms with Crippen LogP contribution in [-0.2, 0) is 0 Å². The zero-order chi connectivity index (χ0) is 11.3. The van der Waals surface area contributed by atoms with Crippen LogP contribution in [0.1, 0.15) is 20.8 Å². The fourth-order valence-corrected chi connectivity index (χ4v) is 1.50. The summed E-state index contributed by atoms with van der Waals surface area (Å²) in [6.07, 6.45) is 0. The van der Waals surface area contributed by atoms with E-state index in [1.54, 1.807) is 0 Å². The summed E-state index contributed by atoms with van der Waals surface area (Å²) >= 11 is 0. The second-order valence-corrected chi connectivity index (χ2v) is 4.64. The second-order valence-electron chi connectivity index (χ2n) is 4.64. The van der Waals surface area contributed by atoms with Crippen molar-refractivity contribution in [3.05, 3.63) is 0 Å². The molecule has 0 aromatic heterocycles. The van der Waals surface area contributed by atoms with Crippen LogP contribution in [-0.4, -0.2) is 43.7 Å². The highest BCUT2D eigenvalue weighted by atomic mass is 16.2. The van der Waals surface area contributed by atoms with E-state index in [1.807, 2.05) is 4.90 Å². The van der Waals surface area contributed by atoms with Gasteiger partial charge in [-0.1, -0.05) is 20.8 Å². The molecule has 1 fully saturated rings. The first-order valence-corrected chi connectivity index (χ1v) is 5.84. The quantitative estimate of drug-likeness (QED) is 0.644. The molecule has 0 saturated carbocycles. The highest BCUT2D eigenvalue weighted by Gasteiger charge is 2.18. The molecule has 0 aromatic carbocycles. The number of hydrogen-bond donors (Lipinski definition) is 2. The highest BCUT2D eigenvalue weighted by molar-refractivity contribution is 5.76. The largest absolute Gasteiger partial charge is 0.336 e. The van der Waals surface area contributed by atoms with Gasteiger partial charge in [0.25, 0.3) is 0 Å². The Morgan fingerprint density at radius 3 is 2.73 bits per heavy atom. The molecule has 1 rings (SSSR count). The maximum absolute atomic E-state index is 11.2. The fraction of sp³-hybridized carbons (Fsp3) is 0.909. The molecule has 1 aliphatic rings. The van der Waals surface area contributed by atoms with Crippen LogP contribution in [0.5, 0.6) is 0 Å². The topological polar surface area (TPSA) is 44.4 Å². The molecule has 1 heterocycles. The molecule has 4 heteroatoms. The Morgan fingerprint density at radius 1 is 1.47 bits per heavy atom. The summed E-state index contributed by atoms with van der Waals surface area (Å²) in [5.74, 6) is 1.41. The Kier molecular flexibility index (Phi) is 4.88. The molecular weight excluding hydrogens is 190 g/mol. The molecule has 0 aromatic rings. The number of carbonyl (C=O) groups is 1. The summed E-state index contributed by atoms with van der Waals surface area (Å²) in [6.45, 7) is 11.1. The Balaban J connectivity index is 2.04. The van der Waals surface area contributed by atoms with Gasteiger partial charge in [-0.15, -0.1) is 0 Å². The molecular formula is C11H23N3O. The Hall–Kier alpha value is -0.770. The van der Waals surface area contributed by atoms with Crippen LogP contribution in [0.4, 0.5) is 4.79 Å². The lowest BCUT2D eigenvalue weighted by molar-refractivity contribution is 0.217. The fourth-order valence-electron chi connectivity index (χ4n) is 1.50. The molecule has 0 aliphatic carbocycles. The summed E-state index contributed by atoms with van der Waals surface area (Å²) in [6, 6.07) is 0.0775. The first-order valence-electron chi connectivity index (χ1n) is 5.84. The summed E-state index contributed by atoms with van der Waals surface area (Å²) < 4.78 is 0. The maximum atomic E-state index is 11.2. The monoisotopic (exact) mass is 213 g/mol. The SMILES string of the molecule is CC(C)C(C)CNCCN1CCNC1=O. The van der Waals surface area contributed by atoms with Crippen molar-refractivity contribution in [2.75, 3.05) is 32.7 Å². The van der Waals surface area contributed by atoms with E-state index in [1.165, 1.54) is 0 Å². The van der Waals surface area contributed by atoms with E-state index < -0.39 is 0 Å². The lowest BCUT2D eigenvalue weighted by Crippen LogP contribution is -2.36. The molecule has 0 radical (unpaired) electrons. The predicted molar refractivity (Wildman–Crippen MR) is 61.8 cm³/mol. The second kappa shape index (κ2) is 5.95. The third kappa shape index (κ3) is 4.08. The maximum Gasteiger partial charge on any atom is 0.317 e. The van der Waals surface area contributed by atoms with Crippen molar-refractivity contribution in [1.29, 1.82) is 0 Å². The zero-order valence-corrected chi connectivity index (χ0v) is 10.0. The van der Waals surface area contributed by atoms with Gasteiger partial charge in [0.1, 0.15) is 0 Å². The lowest BCUT2D eigenvalue weighted by atomic mass is 9.98. The van der Waals surface area contributed by atoms with Crippen molar-refractivity contribution in [1.82, 2.24) is 15.5 Å². The standard InChI is InChI=1S/C11H23N3O/c1-9(2)10(3)8-12-4-6-14-7-5-13-11(14)15/h9-10,12H,4-8H2,1-3H3,(H,13,15). The van der Waals surface area contributed by atoms with E-state index in [2.05, 4.69) is 31.4 Å². The van der Waals surface area contributed by atoms with Crippen LogP contribution in [0.2, 0.25) is 0 Å². The Bertz CT molecular complexity index is 206. The van der Waals surface area contributed by atoms with Gasteiger partial charge in [0.05, 0.1) is 0 Å². The van der Waals surface area contributed by atoms with Crippen LogP contribution in [0.3, 0.4) is 0 Å². The van der Waals surface area contributed by atoms with Gasteiger partial charge < -0.3 is 15.5 Å². The minimum absolute atomic E-state index is 0.0775. The van der Waals surface area contributed by atoms with E-state index >= 15 is 0 Å². The van der Waals surface area contributed by atoms with Crippen LogP contribution in [0.15, 0.2) is 0 Å². The molecule has 1 atom stereocenters. The smallest absolute Gasteiger partial charge is 0.317 e. The number of rotatable bonds is 6. The van der Waals surface area contributed by atoms with Crippen LogP contribution < -0.4 is 10.6 Å². The van der Waals surface area contributed by atoms with E-state index in [0.717, 1.165) is 32.7 Å². The number of hydrogen-bond acceptors (Lipinski definition) is 2. The summed E-state index contributed by atoms with van der Waals surface area (Å²) in [5, 5.41) is 6.19. The normalized spacial score (nSPS) is 18.4. The first-order chi connectivity index (χ1) is 7.11. The molecule has 0 bridgehead atoms. The molecule has 2 amide bonds. The lowest BCUT2D eigenvalue weighted by Gasteiger charge is -2.18. The number of nitrogens with one attached hydrogen (secondary N) is 2. The van der Waals surface area contributed by atoms with Crippen molar-refractivity contribution in [3.8, 4) is 0 Å². The number of carbonyl (C=O) groups excluding carboxylic acids is 1. The van der Waals surface area contributed by atoms with E-state index in [9.17, 15) is 4.79 Å². The van der Waals surface area contributed by atoms with Gasteiger partial charge in [-0.25, -0.2) is 4.79 Å². The highest BCUT2D eigenvalue weighted by Crippen LogP contribution is 2.07. The molecule has 1 unspecified atom stereocenters. The van der Waals surface area contributed by atoms with Gasteiger partial charge in [0, 0.05) is 26.2 Å². The molecule has 0 spiro atoms. The van der Waals surface area contributed by atoms with E-state index in [4.69, 9.17) is 0 Å². The Labute approximate surface area is 92.4 Å². The summed E-state index contributed by atoms with van der Waals surface area (Å²) in [5.41, 5.74) is 0. The number of urea groups is 1. The third-order valence-corrected chi connectivity index (χ3v) is 3.11. The van der Waals surface area contributed by atoms with Crippen LogP contribution in [0, 0.1) is 11.8 Å². The minimum atomic E-state index is 0.0775. The van der Waals surface area contributed by atoms with Gasteiger partial charge in [0.2, 0.25) is 0 Å². The van der Waals surface area contributed by atoms with Gasteiger partial charge in [-0.2, -0.15) is 0 Å². The van der Waals surface area contributed by atoms with E-state index in [-0.39, 0.29) is 6.03 Å². The number of amides is 2. The Morgan fingerprint density at radius 2 is 2.20 bits per heavy atom. The molecule has 15 heavy (non-hydrogen) atoms. The molecule has 88 valence electrons. The first kappa shape index (κ1) is 12.3. The van der Waals surface area contributed by atoms with Crippen molar-refractivity contribution in [2.24, 2.45) is 11.8 Å². The predicted octanol–water partition coefficient (Wildman–Crippen LogP) is 0.893. The van der Waals surface area contributed by atoms with Crippen molar-refractivity contribution in [3.63, 3.8) is 0 Å². The molecule has 4 nitrogen and oxygen atoms in total.